The molecule has 0 spiro atoms. The van der Waals surface area contributed by atoms with Crippen LogP contribution in [0.2, 0.25) is 0 Å². The highest BCUT2D eigenvalue weighted by Crippen LogP contribution is 2.15. The van der Waals surface area contributed by atoms with Gasteiger partial charge in [-0.25, -0.2) is 8.42 Å². The summed E-state index contributed by atoms with van der Waals surface area (Å²) in [5.74, 6) is 0. The van der Waals surface area contributed by atoms with Crippen molar-refractivity contribution in [1.82, 2.24) is 14.6 Å². The first-order valence-electron chi connectivity index (χ1n) is 4.07. The number of nitrogens with zero attached hydrogens (tertiary/aromatic N) is 2. The van der Waals surface area contributed by atoms with Crippen LogP contribution in [0.25, 0.3) is 0 Å². The molecule has 0 aliphatic carbocycles. The molecule has 0 atom stereocenters. The van der Waals surface area contributed by atoms with E-state index in [1.165, 1.54) is 12.3 Å². The highest BCUT2D eigenvalue weighted by atomic mass is 32.2. The van der Waals surface area contributed by atoms with Gasteiger partial charge in [0.15, 0.2) is 0 Å². The average Bonchev–Trinajstić information content (AvgIpc) is 2.70. The SMILES string of the molecule is O=c1ccc(S(=O)(=O)Nc2cnns2)c[nH]1. The second-order valence-corrected chi connectivity index (χ2v) is 5.24. The number of aromatic nitrogens is 3. The molecule has 7 nitrogen and oxygen atoms in total. The van der Waals surface area contributed by atoms with E-state index in [-0.39, 0.29) is 10.5 Å². The third-order valence-electron chi connectivity index (χ3n) is 1.66. The molecule has 0 aliphatic heterocycles. The van der Waals surface area contributed by atoms with E-state index in [2.05, 4.69) is 19.3 Å². The van der Waals surface area contributed by atoms with E-state index in [1.54, 1.807) is 0 Å². The van der Waals surface area contributed by atoms with Crippen LogP contribution in [0.5, 0.6) is 0 Å². The fraction of sp³-hybridized carbons (Fsp3) is 0. The van der Waals surface area contributed by atoms with Gasteiger partial charge < -0.3 is 4.98 Å². The lowest BCUT2D eigenvalue weighted by Gasteiger charge is -2.03. The van der Waals surface area contributed by atoms with Crippen LogP contribution in [0.4, 0.5) is 5.00 Å². The maximum atomic E-state index is 11.7. The zero-order valence-electron chi connectivity index (χ0n) is 7.75. The number of anilines is 1. The van der Waals surface area contributed by atoms with Crippen molar-refractivity contribution in [3.8, 4) is 0 Å². The van der Waals surface area contributed by atoms with E-state index in [4.69, 9.17) is 0 Å². The number of hydrogen-bond donors (Lipinski definition) is 2. The van der Waals surface area contributed by atoms with Gasteiger partial charge in [0.25, 0.3) is 10.0 Å². The Morgan fingerprint density at radius 2 is 2.19 bits per heavy atom. The molecule has 2 heterocycles. The molecule has 2 aromatic rings. The second kappa shape index (κ2) is 4.02. The Kier molecular flexibility index (Phi) is 2.71. The van der Waals surface area contributed by atoms with Crippen molar-refractivity contribution in [2.75, 3.05) is 4.72 Å². The van der Waals surface area contributed by atoms with Crippen LogP contribution in [-0.4, -0.2) is 23.0 Å². The van der Waals surface area contributed by atoms with Gasteiger partial charge in [0.05, 0.1) is 6.20 Å². The lowest BCUT2D eigenvalue weighted by molar-refractivity contribution is 0.601. The third kappa shape index (κ3) is 2.25. The Labute approximate surface area is 94.4 Å². The summed E-state index contributed by atoms with van der Waals surface area (Å²) in [6.45, 7) is 0. The fourth-order valence-corrected chi connectivity index (χ4v) is 2.62. The van der Waals surface area contributed by atoms with Crippen LogP contribution in [0.15, 0.2) is 34.2 Å². The van der Waals surface area contributed by atoms with Crippen molar-refractivity contribution in [3.05, 3.63) is 34.9 Å². The summed E-state index contributed by atoms with van der Waals surface area (Å²) >= 11 is 0.924. The van der Waals surface area contributed by atoms with E-state index in [1.807, 2.05) is 0 Å². The molecule has 0 aliphatic rings. The summed E-state index contributed by atoms with van der Waals surface area (Å²) in [7, 11) is -3.69. The fourth-order valence-electron chi connectivity index (χ4n) is 0.967. The van der Waals surface area contributed by atoms with Gasteiger partial charge in [-0.1, -0.05) is 4.49 Å². The minimum absolute atomic E-state index is 0.0273. The molecule has 2 N–H and O–H groups in total. The number of aromatic amines is 1. The minimum Gasteiger partial charge on any atom is -0.328 e. The topological polar surface area (TPSA) is 105 Å². The number of sulfonamides is 1. The third-order valence-corrected chi connectivity index (χ3v) is 3.73. The van der Waals surface area contributed by atoms with Crippen LogP contribution in [0.1, 0.15) is 0 Å². The summed E-state index contributed by atoms with van der Waals surface area (Å²) in [6.07, 6.45) is 2.42. The number of pyridine rings is 1. The summed E-state index contributed by atoms with van der Waals surface area (Å²) in [6, 6.07) is 2.36. The molecule has 0 radical (unpaired) electrons. The van der Waals surface area contributed by atoms with E-state index in [0.29, 0.717) is 5.00 Å². The first-order chi connectivity index (χ1) is 7.58. The maximum absolute atomic E-state index is 11.7. The minimum atomic E-state index is -3.69. The largest absolute Gasteiger partial charge is 0.328 e. The number of H-pyrrole nitrogens is 1. The molecule has 0 bridgehead atoms. The lowest BCUT2D eigenvalue weighted by atomic mass is 10.5. The van der Waals surface area contributed by atoms with Crippen molar-refractivity contribution in [1.29, 1.82) is 0 Å². The van der Waals surface area contributed by atoms with Crippen molar-refractivity contribution >= 4 is 26.6 Å². The molecule has 84 valence electrons. The molecule has 2 rings (SSSR count). The van der Waals surface area contributed by atoms with Crippen LogP contribution in [0.3, 0.4) is 0 Å². The average molecular weight is 258 g/mol. The van der Waals surface area contributed by atoms with Gasteiger partial charge in [0, 0.05) is 23.8 Å². The quantitative estimate of drug-likeness (QED) is 0.808. The zero-order chi connectivity index (χ0) is 11.6. The number of hydrogen-bond acceptors (Lipinski definition) is 6. The molecular formula is C7H6N4O3S2. The standard InChI is InChI=1S/C7H6N4O3S2/c12-6-2-1-5(3-8-6)16(13,14)10-7-4-9-11-15-7/h1-4,10H,(H,8,12). The molecule has 2 aromatic heterocycles. The first-order valence-corrected chi connectivity index (χ1v) is 6.32. The normalized spacial score (nSPS) is 11.2. The van der Waals surface area contributed by atoms with Gasteiger partial charge in [-0.05, 0) is 6.07 Å². The highest BCUT2D eigenvalue weighted by molar-refractivity contribution is 7.93. The smallest absolute Gasteiger partial charge is 0.264 e. The Balaban J connectivity index is 2.32. The second-order valence-electron chi connectivity index (χ2n) is 2.78. The molecular weight excluding hydrogens is 252 g/mol. The molecule has 16 heavy (non-hydrogen) atoms. The molecule has 0 amide bonds. The van der Waals surface area contributed by atoms with Crippen molar-refractivity contribution in [2.45, 2.75) is 4.90 Å². The van der Waals surface area contributed by atoms with Crippen LogP contribution >= 0.6 is 11.5 Å². The Bertz CT molecular complexity index is 611. The van der Waals surface area contributed by atoms with Crippen LogP contribution in [0, 0.1) is 0 Å². The predicted molar refractivity (Wildman–Crippen MR) is 57.8 cm³/mol. The molecule has 0 saturated heterocycles. The molecule has 0 unspecified atom stereocenters. The van der Waals surface area contributed by atoms with Gasteiger partial charge in [-0.15, -0.1) is 5.10 Å². The van der Waals surface area contributed by atoms with Gasteiger partial charge in [-0.3, -0.25) is 9.52 Å². The number of nitrogens with one attached hydrogen (secondary N) is 2. The van der Waals surface area contributed by atoms with Gasteiger partial charge in [0.1, 0.15) is 9.90 Å². The Hall–Kier alpha value is -1.74. The monoisotopic (exact) mass is 258 g/mol. The summed E-state index contributed by atoms with van der Waals surface area (Å²) < 4.78 is 29.3. The predicted octanol–water partition coefficient (Wildman–Crippen LogP) is 0.0272. The van der Waals surface area contributed by atoms with E-state index in [9.17, 15) is 13.2 Å². The van der Waals surface area contributed by atoms with Gasteiger partial charge in [-0.2, -0.15) is 0 Å². The van der Waals surface area contributed by atoms with Gasteiger partial charge >= 0.3 is 0 Å². The molecule has 0 fully saturated rings. The van der Waals surface area contributed by atoms with Crippen molar-refractivity contribution in [3.63, 3.8) is 0 Å². The maximum Gasteiger partial charge on any atom is 0.264 e. The molecule has 0 aromatic carbocycles. The van der Waals surface area contributed by atoms with E-state index < -0.39 is 10.0 Å². The Morgan fingerprint density at radius 3 is 2.75 bits per heavy atom. The van der Waals surface area contributed by atoms with E-state index in [0.717, 1.165) is 23.8 Å². The number of rotatable bonds is 3. The van der Waals surface area contributed by atoms with E-state index >= 15 is 0 Å². The van der Waals surface area contributed by atoms with Crippen molar-refractivity contribution < 1.29 is 8.42 Å². The Morgan fingerprint density at radius 1 is 1.38 bits per heavy atom. The van der Waals surface area contributed by atoms with Gasteiger partial charge in [0.2, 0.25) is 5.56 Å². The molecule has 9 heteroatoms. The van der Waals surface area contributed by atoms with Crippen LogP contribution < -0.4 is 10.3 Å². The zero-order valence-corrected chi connectivity index (χ0v) is 9.38. The highest BCUT2D eigenvalue weighted by Gasteiger charge is 2.14. The van der Waals surface area contributed by atoms with Crippen molar-refractivity contribution in [2.24, 2.45) is 0 Å². The van der Waals surface area contributed by atoms with Crippen LogP contribution in [-0.2, 0) is 10.0 Å². The summed E-state index contributed by atoms with van der Waals surface area (Å²) in [5, 5.41) is 3.81. The summed E-state index contributed by atoms with van der Waals surface area (Å²) in [4.78, 5) is 13.0. The summed E-state index contributed by atoms with van der Waals surface area (Å²) in [5.41, 5.74) is -0.363. The molecule has 0 saturated carbocycles. The first kappa shape index (κ1) is 10.8. The lowest BCUT2D eigenvalue weighted by Crippen LogP contribution is -2.14.